The number of carbonyl (C=O) groups is 1. The predicted molar refractivity (Wildman–Crippen MR) is 109 cm³/mol. The van der Waals surface area contributed by atoms with E-state index in [1.54, 1.807) is 32.9 Å². The average molecular weight is 419 g/mol. The van der Waals surface area contributed by atoms with Crippen LogP contribution >= 0.6 is 0 Å². The number of amides is 1. The maximum atomic E-state index is 14.9. The molecule has 1 aliphatic heterocycles. The van der Waals surface area contributed by atoms with Crippen LogP contribution in [0.5, 0.6) is 0 Å². The van der Waals surface area contributed by atoms with Crippen LogP contribution in [-0.2, 0) is 4.74 Å². The molecule has 0 aromatic heterocycles. The lowest BCUT2D eigenvalue weighted by atomic mass is 9.54. The second-order valence-corrected chi connectivity index (χ2v) is 8.70. The van der Waals surface area contributed by atoms with E-state index < -0.39 is 40.7 Å². The summed E-state index contributed by atoms with van der Waals surface area (Å²) in [5.74, 6) is -3.46. The second-order valence-electron chi connectivity index (χ2n) is 8.70. The van der Waals surface area contributed by atoms with Gasteiger partial charge >= 0.3 is 6.09 Å². The van der Waals surface area contributed by atoms with Gasteiger partial charge in [0.1, 0.15) is 17.3 Å². The molecule has 1 saturated carbocycles. The molecule has 1 fully saturated rings. The first-order valence-electron chi connectivity index (χ1n) is 9.83. The summed E-state index contributed by atoms with van der Waals surface area (Å²) >= 11 is 0. The van der Waals surface area contributed by atoms with E-state index in [9.17, 15) is 25.0 Å². The van der Waals surface area contributed by atoms with E-state index in [0.717, 1.165) is 0 Å². The van der Waals surface area contributed by atoms with Gasteiger partial charge in [0.2, 0.25) is 0 Å². The molecule has 7 nitrogen and oxygen atoms in total. The van der Waals surface area contributed by atoms with Gasteiger partial charge in [-0.05, 0) is 38.0 Å². The third-order valence-electron chi connectivity index (χ3n) is 5.68. The van der Waals surface area contributed by atoms with Gasteiger partial charge < -0.3 is 15.0 Å². The molecule has 0 spiro atoms. The van der Waals surface area contributed by atoms with Crippen LogP contribution in [0.1, 0.15) is 32.3 Å². The van der Waals surface area contributed by atoms with Crippen LogP contribution in [0.3, 0.4) is 0 Å². The molecule has 2 aliphatic rings. The number of fused-ring (bicyclic) bond motifs is 1. The number of nitrogens with zero attached hydrogens (tertiary/aromatic N) is 4. The highest BCUT2D eigenvalue weighted by Gasteiger charge is 2.58. The van der Waals surface area contributed by atoms with Crippen molar-refractivity contribution in [3.63, 3.8) is 0 Å². The lowest BCUT2D eigenvalue weighted by Gasteiger charge is -2.47. The molecule has 1 unspecified atom stereocenters. The van der Waals surface area contributed by atoms with Gasteiger partial charge in [0.25, 0.3) is 0 Å². The summed E-state index contributed by atoms with van der Waals surface area (Å²) in [7, 11) is 0. The molecule has 0 bridgehead atoms. The van der Waals surface area contributed by atoms with Crippen molar-refractivity contribution in [1.82, 2.24) is 4.90 Å². The van der Waals surface area contributed by atoms with Crippen LogP contribution in [0.25, 0.3) is 0 Å². The summed E-state index contributed by atoms with van der Waals surface area (Å²) in [5.41, 5.74) is -2.49. The molecule has 3 rings (SSSR count). The molecule has 1 heterocycles. The molecular formula is C23H22FN5O2. The summed E-state index contributed by atoms with van der Waals surface area (Å²) in [4.78, 5) is 14.1. The van der Waals surface area contributed by atoms with Crippen LogP contribution < -0.4 is 0 Å². The second kappa shape index (κ2) is 7.85. The van der Waals surface area contributed by atoms with Crippen molar-refractivity contribution in [1.29, 1.82) is 21.2 Å². The van der Waals surface area contributed by atoms with Crippen LogP contribution in [0.15, 0.2) is 35.9 Å². The minimum atomic E-state index is -2.04. The maximum Gasteiger partial charge on any atom is 0.410 e. The molecule has 0 saturated heterocycles. The lowest BCUT2D eigenvalue weighted by molar-refractivity contribution is 0.0221. The van der Waals surface area contributed by atoms with Crippen molar-refractivity contribution >= 4 is 11.8 Å². The van der Waals surface area contributed by atoms with E-state index in [2.05, 4.69) is 0 Å². The molecule has 8 heteroatoms. The molecule has 158 valence electrons. The van der Waals surface area contributed by atoms with Crippen molar-refractivity contribution in [2.45, 2.75) is 32.3 Å². The van der Waals surface area contributed by atoms with Gasteiger partial charge in [-0.15, -0.1) is 0 Å². The number of nitrogens with one attached hydrogen (secondary N) is 1. The van der Waals surface area contributed by atoms with Gasteiger partial charge in [0, 0.05) is 24.9 Å². The van der Waals surface area contributed by atoms with Crippen LogP contribution in [0.4, 0.5) is 9.18 Å². The summed E-state index contributed by atoms with van der Waals surface area (Å²) in [6.07, 6.45) is 1.08. The molecule has 1 aromatic rings. The van der Waals surface area contributed by atoms with Gasteiger partial charge in [0.05, 0.1) is 23.9 Å². The fraction of sp³-hybridized carbons (Fsp3) is 0.435. The lowest BCUT2D eigenvalue weighted by Crippen LogP contribution is -2.54. The first-order valence-corrected chi connectivity index (χ1v) is 9.83. The van der Waals surface area contributed by atoms with Crippen LogP contribution in [-0.4, -0.2) is 35.4 Å². The zero-order valence-electron chi connectivity index (χ0n) is 17.5. The average Bonchev–Trinajstić information content (AvgIpc) is 2.72. The topological polar surface area (TPSA) is 125 Å². The smallest absolute Gasteiger partial charge is 0.410 e. The summed E-state index contributed by atoms with van der Waals surface area (Å²) in [6.45, 7) is 5.41. The number of benzene rings is 1. The number of hydrogen-bond acceptors (Lipinski definition) is 6. The third kappa shape index (κ3) is 3.64. The Labute approximate surface area is 180 Å². The summed E-state index contributed by atoms with van der Waals surface area (Å²) < 4.78 is 20.3. The number of rotatable bonds is 1. The van der Waals surface area contributed by atoms with E-state index in [-0.39, 0.29) is 24.4 Å². The fourth-order valence-corrected chi connectivity index (χ4v) is 4.35. The number of hydrogen-bond donors (Lipinski definition) is 1. The largest absolute Gasteiger partial charge is 0.444 e. The van der Waals surface area contributed by atoms with E-state index in [0.29, 0.717) is 5.57 Å². The van der Waals surface area contributed by atoms with Gasteiger partial charge in [-0.2, -0.15) is 15.8 Å². The summed E-state index contributed by atoms with van der Waals surface area (Å²) in [5, 5.41) is 38.3. The molecule has 1 amide bonds. The van der Waals surface area contributed by atoms with Crippen molar-refractivity contribution in [2.24, 2.45) is 17.3 Å². The highest BCUT2D eigenvalue weighted by Crippen LogP contribution is 2.53. The zero-order valence-corrected chi connectivity index (χ0v) is 17.5. The Morgan fingerprint density at radius 2 is 1.90 bits per heavy atom. The minimum Gasteiger partial charge on any atom is -0.444 e. The highest BCUT2D eigenvalue weighted by molar-refractivity contribution is 6.01. The molecule has 1 aliphatic carbocycles. The van der Waals surface area contributed by atoms with Crippen LogP contribution in [0, 0.1) is 62.5 Å². The maximum absolute atomic E-state index is 14.9. The van der Waals surface area contributed by atoms with Gasteiger partial charge in [-0.3, -0.25) is 0 Å². The molecule has 3 atom stereocenters. The van der Waals surface area contributed by atoms with Crippen molar-refractivity contribution < 1.29 is 13.9 Å². The molecule has 31 heavy (non-hydrogen) atoms. The monoisotopic (exact) mass is 419 g/mol. The highest BCUT2D eigenvalue weighted by atomic mass is 19.1. The molecule has 1 N–H and O–H groups in total. The standard InChI is InChI=1S/C23H22FN5O2/c1-22(2,3)31-21(30)29-9-8-14-16(10-25)20(28)23(12-26,13-27)19(17(14)11-29)15-6-4-5-7-18(15)24/h4-8,16-17,19,28H,9,11H2,1-3H3/t16?,17-,19-/m0/s1. The van der Waals surface area contributed by atoms with Crippen molar-refractivity contribution in [2.75, 3.05) is 13.1 Å². The number of nitriles is 3. The predicted octanol–water partition coefficient (Wildman–Crippen LogP) is 3.91. The van der Waals surface area contributed by atoms with Gasteiger partial charge in [-0.25, -0.2) is 9.18 Å². The normalized spacial score (nSPS) is 24.7. The van der Waals surface area contributed by atoms with E-state index in [1.165, 1.54) is 23.1 Å². The van der Waals surface area contributed by atoms with Crippen molar-refractivity contribution in [3.8, 4) is 18.2 Å². The molecular weight excluding hydrogens is 397 g/mol. The first kappa shape index (κ1) is 22.0. The Hall–Kier alpha value is -3.70. The van der Waals surface area contributed by atoms with E-state index in [4.69, 9.17) is 10.1 Å². The Balaban J connectivity index is 2.17. The Bertz CT molecular complexity index is 1070. The molecule has 1 aromatic carbocycles. The van der Waals surface area contributed by atoms with E-state index in [1.807, 2.05) is 18.2 Å². The SMILES string of the molecule is CC(C)(C)OC(=O)N1CC=C2C(C#N)C(=N)C(C#N)(C#N)[C@@H](c3ccccc3F)[C@H]2C1. The summed E-state index contributed by atoms with van der Waals surface area (Å²) in [6, 6.07) is 11.6. The minimum absolute atomic E-state index is 0.0380. The number of carbonyl (C=O) groups excluding carboxylic acids is 1. The Morgan fingerprint density at radius 1 is 1.26 bits per heavy atom. The van der Waals surface area contributed by atoms with Gasteiger partial charge in [0.15, 0.2) is 5.41 Å². The Kier molecular flexibility index (Phi) is 5.57. The number of halogens is 1. The van der Waals surface area contributed by atoms with E-state index >= 15 is 0 Å². The Morgan fingerprint density at radius 3 is 2.45 bits per heavy atom. The van der Waals surface area contributed by atoms with Gasteiger partial charge in [-0.1, -0.05) is 24.3 Å². The quantitative estimate of drug-likeness (QED) is 0.691. The molecule has 0 radical (unpaired) electrons. The first-order chi connectivity index (χ1) is 14.6. The third-order valence-corrected chi connectivity index (χ3v) is 5.68. The van der Waals surface area contributed by atoms with Crippen molar-refractivity contribution in [3.05, 3.63) is 47.3 Å². The fourth-order valence-electron chi connectivity index (χ4n) is 4.35. The zero-order chi connectivity index (χ0) is 23.0. The number of ether oxygens (including phenoxy) is 1. The van der Waals surface area contributed by atoms with Crippen LogP contribution in [0.2, 0.25) is 0 Å².